The molecule has 0 aromatic heterocycles. The van der Waals surface area contributed by atoms with Crippen LogP contribution in [0, 0.1) is 0 Å². The van der Waals surface area contributed by atoms with Gasteiger partial charge in [-0.05, 0) is 42.2 Å². The zero-order chi connectivity index (χ0) is 21.3. The number of aromatic carboxylic acids is 1. The van der Waals surface area contributed by atoms with E-state index in [1.54, 1.807) is 12.1 Å². The Hall–Kier alpha value is -1.80. The van der Waals surface area contributed by atoms with Crippen molar-refractivity contribution in [1.29, 1.82) is 0 Å². The van der Waals surface area contributed by atoms with E-state index < -0.39 is 38.6 Å². The number of hydrogen-bond acceptors (Lipinski definition) is 3. The highest BCUT2D eigenvalue weighted by Crippen LogP contribution is 2.38. The second kappa shape index (κ2) is 7.91. The zero-order valence-corrected chi connectivity index (χ0v) is 18.1. The van der Waals surface area contributed by atoms with Crippen LogP contribution in [-0.2, 0) is 15.6 Å². The number of benzene rings is 1. The molecule has 1 aromatic carbocycles. The van der Waals surface area contributed by atoms with Gasteiger partial charge >= 0.3 is 11.9 Å². The molecule has 8 heteroatoms. The van der Waals surface area contributed by atoms with Gasteiger partial charge in [0, 0.05) is 13.0 Å². The molecule has 156 valence electrons. The lowest BCUT2D eigenvalue weighted by Gasteiger charge is -2.37. The molecule has 0 bridgehead atoms. The molecule has 1 amide bonds. The van der Waals surface area contributed by atoms with Gasteiger partial charge in [0.05, 0.1) is 18.2 Å². The van der Waals surface area contributed by atoms with Crippen molar-refractivity contribution in [3.63, 3.8) is 0 Å². The molecule has 0 spiro atoms. The Bertz CT molecular complexity index is 729. The summed E-state index contributed by atoms with van der Waals surface area (Å²) >= 11 is 0. The molecule has 1 aromatic rings. The van der Waals surface area contributed by atoms with Gasteiger partial charge in [-0.3, -0.25) is 4.79 Å². The SMILES string of the molecule is CC(C)(C)[Si](C)(C)OC[C@H]1CC(F)(F)C(=O)N1CCc1ccc(C(=O)O)cc1. The fourth-order valence-corrected chi connectivity index (χ4v) is 3.93. The van der Waals surface area contributed by atoms with E-state index in [1.807, 2.05) is 0 Å². The van der Waals surface area contributed by atoms with E-state index in [0.717, 1.165) is 5.56 Å². The quantitative estimate of drug-likeness (QED) is 0.681. The normalized spacial score (nSPS) is 19.9. The van der Waals surface area contributed by atoms with Crippen molar-refractivity contribution in [2.75, 3.05) is 13.2 Å². The number of carboxylic acids is 1. The smallest absolute Gasteiger partial charge is 0.335 e. The third-order valence-corrected chi connectivity index (χ3v) is 10.3. The number of carbonyl (C=O) groups is 2. The van der Waals surface area contributed by atoms with Gasteiger partial charge in [0.15, 0.2) is 8.32 Å². The van der Waals surface area contributed by atoms with E-state index in [1.165, 1.54) is 17.0 Å². The standard InChI is InChI=1S/C20H29F2NO4Si/c1-19(2,3)28(4,5)27-13-16-12-20(21,22)18(26)23(16)11-10-14-6-8-15(9-7-14)17(24)25/h6-9,16H,10-13H2,1-5H3,(H,24,25)/t16-/m1/s1. The van der Waals surface area contributed by atoms with E-state index >= 15 is 0 Å². The summed E-state index contributed by atoms with van der Waals surface area (Å²) in [6, 6.07) is 5.56. The molecule has 1 heterocycles. The largest absolute Gasteiger partial charge is 0.478 e. The highest BCUT2D eigenvalue weighted by molar-refractivity contribution is 6.74. The fourth-order valence-electron chi connectivity index (χ4n) is 2.89. The summed E-state index contributed by atoms with van der Waals surface area (Å²) in [6.07, 6.45) is -0.156. The maximum Gasteiger partial charge on any atom is 0.335 e. The Balaban J connectivity index is 2.06. The van der Waals surface area contributed by atoms with Gasteiger partial charge in [-0.1, -0.05) is 32.9 Å². The predicted octanol–water partition coefficient (Wildman–Crippen LogP) is 4.19. The van der Waals surface area contributed by atoms with Crippen molar-refractivity contribution in [1.82, 2.24) is 4.90 Å². The summed E-state index contributed by atoms with van der Waals surface area (Å²) in [6.45, 7) is 10.6. The van der Waals surface area contributed by atoms with Crippen molar-refractivity contribution >= 4 is 20.2 Å². The van der Waals surface area contributed by atoms with Crippen LogP contribution < -0.4 is 0 Å². The Morgan fingerprint density at radius 2 is 1.86 bits per heavy atom. The summed E-state index contributed by atoms with van der Waals surface area (Å²) in [5.41, 5.74) is 0.949. The highest BCUT2D eigenvalue weighted by atomic mass is 28.4. The average molecular weight is 414 g/mol. The Morgan fingerprint density at radius 1 is 1.29 bits per heavy atom. The monoisotopic (exact) mass is 413 g/mol. The average Bonchev–Trinajstić information content (AvgIpc) is 2.80. The van der Waals surface area contributed by atoms with Gasteiger partial charge in [0.25, 0.3) is 5.91 Å². The molecule has 0 radical (unpaired) electrons. The minimum atomic E-state index is -3.37. The first-order chi connectivity index (χ1) is 12.7. The van der Waals surface area contributed by atoms with Crippen LogP contribution in [0.1, 0.15) is 43.1 Å². The molecule has 1 atom stereocenters. The molecule has 0 aliphatic carbocycles. The van der Waals surface area contributed by atoms with E-state index in [4.69, 9.17) is 9.53 Å². The summed E-state index contributed by atoms with van der Waals surface area (Å²) in [5.74, 6) is -5.54. The Labute approximate surface area is 165 Å². The van der Waals surface area contributed by atoms with E-state index in [9.17, 15) is 18.4 Å². The molecular formula is C20H29F2NO4Si. The van der Waals surface area contributed by atoms with Crippen LogP contribution in [0.15, 0.2) is 24.3 Å². The molecule has 28 heavy (non-hydrogen) atoms. The van der Waals surface area contributed by atoms with Crippen molar-refractivity contribution in [3.8, 4) is 0 Å². The lowest BCUT2D eigenvalue weighted by molar-refractivity contribution is -0.148. The van der Waals surface area contributed by atoms with Crippen LogP contribution in [0.25, 0.3) is 0 Å². The van der Waals surface area contributed by atoms with Crippen molar-refractivity contribution in [3.05, 3.63) is 35.4 Å². The van der Waals surface area contributed by atoms with Crippen LogP contribution in [-0.4, -0.2) is 55.3 Å². The van der Waals surface area contributed by atoms with Gasteiger partial charge < -0.3 is 14.4 Å². The number of rotatable bonds is 7. The lowest BCUT2D eigenvalue weighted by atomic mass is 10.1. The number of nitrogens with zero attached hydrogens (tertiary/aromatic N) is 1. The first-order valence-electron chi connectivity index (χ1n) is 9.40. The van der Waals surface area contributed by atoms with Crippen LogP contribution in [0.4, 0.5) is 8.78 Å². The maximum absolute atomic E-state index is 14.1. The summed E-state index contributed by atoms with van der Waals surface area (Å²) < 4.78 is 34.2. The number of alkyl halides is 2. The van der Waals surface area contributed by atoms with Crippen LogP contribution >= 0.6 is 0 Å². The highest BCUT2D eigenvalue weighted by Gasteiger charge is 2.53. The molecule has 1 aliphatic rings. The molecule has 1 fully saturated rings. The van der Waals surface area contributed by atoms with Gasteiger partial charge in [0.2, 0.25) is 0 Å². The number of amides is 1. The topological polar surface area (TPSA) is 66.8 Å². The molecule has 1 N–H and O–H groups in total. The molecule has 0 unspecified atom stereocenters. The van der Waals surface area contributed by atoms with Crippen LogP contribution in [0.2, 0.25) is 18.1 Å². The number of likely N-dealkylation sites (tertiary alicyclic amines) is 1. The van der Waals surface area contributed by atoms with Gasteiger partial charge in [0.1, 0.15) is 0 Å². The zero-order valence-electron chi connectivity index (χ0n) is 17.1. The molecule has 0 saturated carbocycles. The number of carboxylic acid groups (broad SMARTS) is 1. The molecule has 1 aliphatic heterocycles. The van der Waals surface area contributed by atoms with Crippen molar-refractivity contribution in [2.24, 2.45) is 0 Å². The molecule has 5 nitrogen and oxygen atoms in total. The third kappa shape index (κ3) is 4.97. The number of halogens is 2. The Kier molecular flexibility index (Phi) is 6.35. The molecular weight excluding hydrogens is 384 g/mol. The number of carbonyl (C=O) groups excluding carboxylic acids is 1. The van der Waals surface area contributed by atoms with Gasteiger partial charge in [-0.25, -0.2) is 4.79 Å². The lowest BCUT2D eigenvalue weighted by Crippen LogP contribution is -2.45. The second-order valence-corrected chi connectivity index (χ2v) is 13.7. The fraction of sp³-hybridized carbons (Fsp3) is 0.600. The van der Waals surface area contributed by atoms with Crippen molar-refractivity contribution < 1.29 is 27.9 Å². The van der Waals surface area contributed by atoms with E-state index in [-0.39, 0.29) is 23.8 Å². The first kappa shape index (κ1) is 22.5. The molecule has 1 saturated heterocycles. The number of hydrogen-bond donors (Lipinski definition) is 1. The maximum atomic E-state index is 14.1. The summed E-state index contributed by atoms with van der Waals surface area (Å²) in [4.78, 5) is 24.3. The minimum Gasteiger partial charge on any atom is -0.478 e. The van der Waals surface area contributed by atoms with Crippen LogP contribution in [0.3, 0.4) is 0 Å². The van der Waals surface area contributed by atoms with E-state index in [2.05, 4.69) is 33.9 Å². The van der Waals surface area contributed by atoms with Crippen molar-refractivity contribution in [2.45, 2.75) is 63.7 Å². The van der Waals surface area contributed by atoms with Gasteiger partial charge in [-0.15, -0.1) is 0 Å². The predicted molar refractivity (Wildman–Crippen MR) is 105 cm³/mol. The van der Waals surface area contributed by atoms with Crippen LogP contribution in [0.5, 0.6) is 0 Å². The minimum absolute atomic E-state index is 0.0468. The summed E-state index contributed by atoms with van der Waals surface area (Å²) in [5, 5.41) is 8.89. The second-order valence-electron chi connectivity index (χ2n) is 8.88. The first-order valence-corrected chi connectivity index (χ1v) is 12.3. The molecule has 2 rings (SSSR count). The third-order valence-electron chi connectivity index (χ3n) is 5.79. The summed E-state index contributed by atoms with van der Waals surface area (Å²) in [7, 11) is -2.11. The van der Waals surface area contributed by atoms with Gasteiger partial charge in [-0.2, -0.15) is 8.78 Å². The van der Waals surface area contributed by atoms with E-state index in [0.29, 0.717) is 6.42 Å². The Morgan fingerprint density at radius 3 is 2.36 bits per heavy atom.